The van der Waals surface area contributed by atoms with Gasteiger partial charge in [-0.15, -0.1) is 0 Å². The number of carbonyl (C=O) groups is 1. The highest BCUT2D eigenvalue weighted by Crippen LogP contribution is 2.20. The van der Waals surface area contributed by atoms with E-state index in [1.807, 2.05) is 17.0 Å². The number of likely N-dealkylation sites (tertiary alicyclic amines) is 1. The van der Waals surface area contributed by atoms with E-state index in [0.29, 0.717) is 25.1 Å². The van der Waals surface area contributed by atoms with Gasteiger partial charge in [-0.3, -0.25) is 0 Å². The van der Waals surface area contributed by atoms with E-state index in [2.05, 4.69) is 38.2 Å². The molecule has 1 heterocycles. The van der Waals surface area contributed by atoms with Crippen LogP contribution in [0.25, 0.3) is 0 Å². The van der Waals surface area contributed by atoms with Gasteiger partial charge in [0.2, 0.25) is 0 Å². The van der Waals surface area contributed by atoms with Crippen LogP contribution in [-0.2, 0) is 0 Å². The van der Waals surface area contributed by atoms with E-state index < -0.39 is 0 Å². The summed E-state index contributed by atoms with van der Waals surface area (Å²) in [6.07, 6.45) is 4.51. The van der Waals surface area contributed by atoms with Gasteiger partial charge in [0.1, 0.15) is 12.4 Å². The number of amides is 2. The summed E-state index contributed by atoms with van der Waals surface area (Å²) in [5.41, 5.74) is 1.31. The first-order valence-corrected chi connectivity index (χ1v) is 8.89. The molecule has 1 aromatic rings. The molecule has 0 bridgehead atoms. The number of hydrogen-bond acceptors (Lipinski definition) is 2. The molecule has 1 atom stereocenters. The van der Waals surface area contributed by atoms with Crippen molar-refractivity contribution in [1.29, 1.82) is 0 Å². The van der Waals surface area contributed by atoms with Crippen LogP contribution >= 0.6 is 0 Å². The molecule has 4 heteroatoms. The molecule has 1 N–H and O–H groups in total. The number of hydrogen-bond donors (Lipinski definition) is 1. The minimum atomic E-state index is 0.0512. The lowest BCUT2D eigenvalue weighted by molar-refractivity contribution is 0.147. The van der Waals surface area contributed by atoms with E-state index >= 15 is 0 Å². The highest BCUT2D eigenvalue weighted by Gasteiger charge is 2.24. The highest BCUT2D eigenvalue weighted by atomic mass is 16.5. The average molecular weight is 318 g/mol. The van der Waals surface area contributed by atoms with Crippen LogP contribution in [0.2, 0.25) is 0 Å². The van der Waals surface area contributed by atoms with Crippen LogP contribution in [0.15, 0.2) is 24.3 Å². The monoisotopic (exact) mass is 318 g/mol. The molecular formula is C19H30N2O2. The zero-order valence-corrected chi connectivity index (χ0v) is 14.7. The quantitative estimate of drug-likeness (QED) is 0.800. The predicted molar refractivity (Wildman–Crippen MR) is 94.1 cm³/mol. The Labute approximate surface area is 140 Å². The van der Waals surface area contributed by atoms with Gasteiger partial charge < -0.3 is 15.0 Å². The number of ether oxygens (including phenoxy) is 1. The van der Waals surface area contributed by atoms with E-state index in [9.17, 15) is 4.79 Å². The Balaban J connectivity index is 1.71. The maximum atomic E-state index is 12.3. The third-order valence-corrected chi connectivity index (χ3v) is 4.55. The molecule has 2 amide bonds. The molecule has 1 unspecified atom stereocenters. The third-order valence-electron chi connectivity index (χ3n) is 4.55. The van der Waals surface area contributed by atoms with Gasteiger partial charge in [0.15, 0.2) is 0 Å². The minimum absolute atomic E-state index is 0.0512. The molecule has 1 aromatic carbocycles. The number of piperidine rings is 1. The Bertz CT molecular complexity index is 485. The van der Waals surface area contributed by atoms with Crippen LogP contribution in [0.4, 0.5) is 4.79 Å². The first-order valence-electron chi connectivity index (χ1n) is 8.89. The number of carbonyl (C=O) groups excluding carboxylic acids is 1. The molecule has 1 aliphatic heterocycles. The highest BCUT2D eigenvalue weighted by molar-refractivity contribution is 5.74. The zero-order valence-electron chi connectivity index (χ0n) is 14.7. The van der Waals surface area contributed by atoms with E-state index in [1.165, 1.54) is 12.0 Å². The Morgan fingerprint density at radius 3 is 2.70 bits per heavy atom. The summed E-state index contributed by atoms with van der Waals surface area (Å²) in [6, 6.07) is 8.63. The van der Waals surface area contributed by atoms with Gasteiger partial charge in [0.25, 0.3) is 0 Å². The fraction of sp³-hybridized carbons (Fsp3) is 0.632. The summed E-state index contributed by atoms with van der Waals surface area (Å²) in [4.78, 5) is 14.2. The molecule has 23 heavy (non-hydrogen) atoms. The fourth-order valence-electron chi connectivity index (χ4n) is 3.07. The van der Waals surface area contributed by atoms with Crippen LogP contribution in [0.3, 0.4) is 0 Å². The number of nitrogens with one attached hydrogen (secondary N) is 1. The lowest BCUT2D eigenvalue weighted by Crippen LogP contribution is -2.49. The third kappa shape index (κ3) is 5.15. The van der Waals surface area contributed by atoms with E-state index in [1.54, 1.807) is 0 Å². The van der Waals surface area contributed by atoms with Gasteiger partial charge >= 0.3 is 6.03 Å². The molecule has 1 fully saturated rings. The SMILES string of the molecule is CCC1CCCCN1C(=O)NCCOc1ccc(C(C)C)cc1. The van der Waals surface area contributed by atoms with Crippen molar-refractivity contribution >= 4 is 6.03 Å². The Morgan fingerprint density at radius 1 is 1.30 bits per heavy atom. The van der Waals surface area contributed by atoms with Gasteiger partial charge in [-0.1, -0.05) is 32.9 Å². The van der Waals surface area contributed by atoms with Crippen LogP contribution in [-0.4, -0.2) is 36.7 Å². The Morgan fingerprint density at radius 2 is 2.04 bits per heavy atom. The normalized spacial score (nSPS) is 18.1. The average Bonchev–Trinajstić information content (AvgIpc) is 2.58. The van der Waals surface area contributed by atoms with Crippen molar-refractivity contribution < 1.29 is 9.53 Å². The minimum Gasteiger partial charge on any atom is -0.492 e. The molecule has 0 saturated carbocycles. The zero-order chi connectivity index (χ0) is 16.7. The fourth-order valence-corrected chi connectivity index (χ4v) is 3.07. The maximum Gasteiger partial charge on any atom is 0.317 e. The second-order valence-electron chi connectivity index (χ2n) is 6.56. The van der Waals surface area contributed by atoms with Crippen molar-refractivity contribution in [3.05, 3.63) is 29.8 Å². The lowest BCUT2D eigenvalue weighted by Gasteiger charge is -2.35. The second-order valence-corrected chi connectivity index (χ2v) is 6.56. The molecular weight excluding hydrogens is 288 g/mol. The molecule has 2 rings (SSSR count). The second kappa shape index (κ2) is 8.80. The van der Waals surface area contributed by atoms with Gasteiger partial charge in [-0.25, -0.2) is 4.79 Å². The van der Waals surface area contributed by atoms with Crippen LogP contribution in [0, 0.1) is 0 Å². The number of rotatable bonds is 6. The van der Waals surface area contributed by atoms with Gasteiger partial charge in [0.05, 0.1) is 6.54 Å². The van der Waals surface area contributed by atoms with E-state index in [-0.39, 0.29) is 6.03 Å². The molecule has 1 saturated heterocycles. The molecule has 4 nitrogen and oxygen atoms in total. The van der Waals surface area contributed by atoms with Crippen LogP contribution < -0.4 is 10.1 Å². The molecule has 1 aliphatic rings. The standard InChI is InChI=1S/C19H30N2O2/c1-4-17-7-5-6-13-21(17)19(22)20-12-14-23-18-10-8-16(9-11-18)15(2)3/h8-11,15,17H,4-7,12-14H2,1-3H3,(H,20,22). The topological polar surface area (TPSA) is 41.6 Å². The van der Waals surface area contributed by atoms with Crippen LogP contribution in [0.5, 0.6) is 5.75 Å². The van der Waals surface area contributed by atoms with Gasteiger partial charge in [0, 0.05) is 12.6 Å². The number of benzene rings is 1. The van der Waals surface area contributed by atoms with Crippen molar-refractivity contribution in [2.24, 2.45) is 0 Å². The smallest absolute Gasteiger partial charge is 0.317 e. The molecule has 0 aliphatic carbocycles. The molecule has 128 valence electrons. The number of urea groups is 1. The van der Waals surface area contributed by atoms with Crippen molar-refractivity contribution in [3.8, 4) is 5.75 Å². The van der Waals surface area contributed by atoms with Crippen molar-refractivity contribution in [3.63, 3.8) is 0 Å². The first kappa shape index (κ1) is 17.6. The number of nitrogens with zero attached hydrogens (tertiary/aromatic N) is 1. The Hall–Kier alpha value is -1.71. The molecule has 0 aromatic heterocycles. The predicted octanol–water partition coefficient (Wildman–Crippen LogP) is 4.16. The summed E-state index contributed by atoms with van der Waals surface area (Å²) in [7, 11) is 0. The summed E-state index contributed by atoms with van der Waals surface area (Å²) in [6.45, 7) is 8.42. The first-order chi connectivity index (χ1) is 11.1. The maximum absolute atomic E-state index is 12.3. The van der Waals surface area contributed by atoms with E-state index in [4.69, 9.17) is 4.74 Å². The van der Waals surface area contributed by atoms with Gasteiger partial charge in [-0.05, 0) is 49.3 Å². The lowest BCUT2D eigenvalue weighted by atomic mass is 10.0. The Kier molecular flexibility index (Phi) is 6.75. The largest absolute Gasteiger partial charge is 0.492 e. The van der Waals surface area contributed by atoms with Crippen molar-refractivity contribution in [2.45, 2.75) is 58.4 Å². The summed E-state index contributed by atoms with van der Waals surface area (Å²) >= 11 is 0. The molecule has 0 radical (unpaired) electrons. The van der Waals surface area contributed by atoms with E-state index in [0.717, 1.165) is 31.6 Å². The van der Waals surface area contributed by atoms with Crippen molar-refractivity contribution in [1.82, 2.24) is 10.2 Å². The molecule has 0 spiro atoms. The summed E-state index contributed by atoms with van der Waals surface area (Å²) in [5, 5.41) is 2.98. The van der Waals surface area contributed by atoms with Crippen molar-refractivity contribution in [2.75, 3.05) is 19.7 Å². The summed E-state index contributed by atoms with van der Waals surface area (Å²) < 4.78 is 5.70. The van der Waals surface area contributed by atoms with Gasteiger partial charge in [-0.2, -0.15) is 0 Å². The summed E-state index contributed by atoms with van der Waals surface area (Å²) in [5.74, 6) is 1.38. The van der Waals surface area contributed by atoms with Crippen LogP contribution in [0.1, 0.15) is 57.9 Å².